The first-order valence-electron chi connectivity index (χ1n) is 5.57. The lowest BCUT2D eigenvalue weighted by atomic mass is 10.0. The van der Waals surface area contributed by atoms with Gasteiger partial charge in [-0.05, 0) is 47.0 Å². The zero-order valence-electron chi connectivity index (χ0n) is 9.84. The number of rotatable bonds is 3. The van der Waals surface area contributed by atoms with Gasteiger partial charge in [0.15, 0.2) is 11.6 Å². The maximum absolute atomic E-state index is 13.2. The number of benzene rings is 2. The van der Waals surface area contributed by atoms with E-state index in [4.69, 9.17) is 11.6 Å². The van der Waals surface area contributed by atoms with Crippen molar-refractivity contribution in [1.82, 2.24) is 0 Å². The molecular formula is C15H10ClF3. The number of hydrogen-bond donors (Lipinski definition) is 0. The van der Waals surface area contributed by atoms with Gasteiger partial charge in [-0.1, -0.05) is 18.2 Å². The number of allylic oxidation sites excluding steroid dienone is 1. The maximum atomic E-state index is 13.2. The van der Waals surface area contributed by atoms with Gasteiger partial charge in [0.1, 0.15) is 5.82 Å². The van der Waals surface area contributed by atoms with Crippen LogP contribution in [-0.2, 0) is 0 Å². The molecule has 0 heterocycles. The third kappa shape index (κ3) is 3.38. The van der Waals surface area contributed by atoms with Gasteiger partial charge in [-0.2, -0.15) is 0 Å². The van der Waals surface area contributed by atoms with Crippen LogP contribution in [0, 0.1) is 17.5 Å². The van der Waals surface area contributed by atoms with Crippen molar-refractivity contribution in [3.05, 3.63) is 71.0 Å². The average Bonchev–Trinajstić information content (AvgIpc) is 2.41. The van der Waals surface area contributed by atoms with Gasteiger partial charge in [-0.25, -0.2) is 13.2 Å². The third-order valence-corrected chi connectivity index (χ3v) is 2.93. The predicted molar refractivity (Wildman–Crippen MR) is 71.3 cm³/mol. The van der Waals surface area contributed by atoms with Crippen molar-refractivity contribution in [2.45, 2.75) is 0 Å². The molecule has 0 atom stereocenters. The number of hydrogen-bond acceptors (Lipinski definition) is 0. The van der Waals surface area contributed by atoms with E-state index in [9.17, 15) is 13.2 Å². The Morgan fingerprint density at radius 2 is 1.63 bits per heavy atom. The van der Waals surface area contributed by atoms with Gasteiger partial charge >= 0.3 is 0 Å². The zero-order chi connectivity index (χ0) is 13.8. The number of halogens is 4. The van der Waals surface area contributed by atoms with Crippen LogP contribution in [0.4, 0.5) is 13.2 Å². The minimum atomic E-state index is -0.923. The van der Waals surface area contributed by atoms with Gasteiger partial charge in [-0.3, -0.25) is 0 Å². The fraction of sp³-hybridized carbons (Fsp3) is 0.0667. The average molecular weight is 283 g/mol. The highest BCUT2D eigenvalue weighted by Crippen LogP contribution is 2.21. The fourth-order valence-electron chi connectivity index (χ4n) is 1.66. The van der Waals surface area contributed by atoms with Crippen LogP contribution in [0.25, 0.3) is 11.6 Å². The lowest BCUT2D eigenvalue weighted by Gasteiger charge is -2.05. The minimum absolute atomic E-state index is 0.141. The second-order valence-electron chi connectivity index (χ2n) is 3.98. The molecule has 0 bridgehead atoms. The first kappa shape index (κ1) is 13.7. The molecule has 2 aromatic rings. The molecule has 4 heteroatoms. The van der Waals surface area contributed by atoms with Crippen molar-refractivity contribution in [1.29, 1.82) is 0 Å². The molecule has 0 spiro atoms. The van der Waals surface area contributed by atoms with Crippen molar-refractivity contribution in [2.24, 2.45) is 0 Å². The Hall–Kier alpha value is -1.74. The topological polar surface area (TPSA) is 0 Å². The van der Waals surface area contributed by atoms with E-state index < -0.39 is 11.6 Å². The van der Waals surface area contributed by atoms with Gasteiger partial charge in [0.25, 0.3) is 0 Å². The molecule has 0 aliphatic carbocycles. The molecule has 98 valence electrons. The summed E-state index contributed by atoms with van der Waals surface area (Å²) in [4.78, 5) is 0. The van der Waals surface area contributed by atoms with Crippen LogP contribution in [0.5, 0.6) is 0 Å². The van der Waals surface area contributed by atoms with Crippen molar-refractivity contribution in [3.8, 4) is 0 Å². The molecule has 0 aliphatic heterocycles. The van der Waals surface area contributed by atoms with Gasteiger partial charge in [0, 0.05) is 5.88 Å². The Balaban J connectivity index is 2.38. The summed E-state index contributed by atoms with van der Waals surface area (Å²) in [5, 5.41) is 0. The summed E-state index contributed by atoms with van der Waals surface area (Å²) in [6.07, 6.45) is 1.71. The summed E-state index contributed by atoms with van der Waals surface area (Å²) in [6.45, 7) is 0. The van der Waals surface area contributed by atoms with Crippen molar-refractivity contribution >= 4 is 23.3 Å². The molecule has 0 saturated carbocycles. The van der Waals surface area contributed by atoms with Crippen molar-refractivity contribution < 1.29 is 13.2 Å². The Labute approximate surface area is 114 Å². The Morgan fingerprint density at radius 3 is 2.21 bits per heavy atom. The van der Waals surface area contributed by atoms with E-state index in [0.717, 1.165) is 17.7 Å². The maximum Gasteiger partial charge on any atom is 0.159 e. The Bertz CT molecular complexity index is 603. The molecule has 2 aromatic carbocycles. The quantitative estimate of drug-likeness (QED) is 0.556. The molecule has 0 aromatic heterocycles. The summed E-state index contributed by atoms with van der Waals surface area (Å²) in [5.74, 6) is -2.02. The Morgan fingerprint density at radius 1 is 0.947 bits per heavy atom. The molecule has 0 fully saturated rings. The van der Waals surface area contributed by atoms with Crippen LogP contribution in [0.3, 0.4) is 0 Å². The summed E-state index contributed by atoms with van der Waals surface area (Å²) >= 11 is 5.82. The normalized spacial score (nSPS) is 11.7. The molecule has 0 amide bonds. The summed E-state index contributed by atoms with van der Waals surface area (Å²) in [7, 11) is 0. The highest BCUT2D eigenvalue weighted by Gasteiger charge is 2.06. The van der Waals surface area contributed by atoms with Crippen LogP contribution in [0.2, 0.25) is 0 Å². The largest absolute Gasteiger partial charge is 0.207 e. The van der Waals surface area contributed by atoms with Crippen LogP contribution in [-0.4, -0.2) is 5.88 Å². The van der Waals surface area contributed by atoms with Crippen molar-refractivity contribution in [3.63, 3.8) is 0 Å². The smallest absolute Gasteiger partial charge is 0.159 e. The molecule has 19 heavy (non-hydrogen) atoms. The van der Waals surface area contributed by atoms with Crippen LogP contribution in [0.15, 0.2) is 42.5 Å². The van der Waals surface area contributed by atoms with E-state index >= 15 is 0 Å². The predicted octanol–water partition coefficient (Wildman–Crippen LogP) is 4.88. The van der Waals surface area contributed by atoms with E-state index in [-0.39, 0.29) is 11.7 Å². The molecule has 0 saturated heterocycles. The molecule has 0 unspecified atom stereocenters. The highest BCUT2D eigenvalue weighted by atomic mass is 35.5. The van der Waals surface area contributed by atoms with E-state index in [1.54, 1.807) is 18.2 Å². The first-order chi connectivity index (χ1) is 9.10. The van der Waals surface area contributed by atoms with Gasteiger partial charge in [-0.15, -0.1) is 11.6 Å². The Kier molecular flexibility index (Phi) is 4.27. The second-order valence-corrected chi connectivity index (χ2v) is 4.25. The molecule has 2 rings (SSSR count). The molecule has 0 aliphatic rings. The van der Waals surface area contributed by atoms with Gasteiger partial charge < -0.3 is 0 Å². The van der Waals surface area contributed by atoms with Crippen molar-refractivity contribution in [2.75, 3.05) is 5.88 Å². The lowest BCUT2D eigenvalue weighted by molar-refractivity contribution is 0.508. The van der Waals surface area contributed by atoms with Crippen LogP contribution < -0.4 is 0 Å². The molecule has 0 N–H and O–H groups in total. The van der Waals surface area contributed by atoms with E-state index in [1.807, 2.05) is 0 Å². The highest BCUT2D eigenvalue weighted by molar-refractivity contribution is 6.24. The third-order valence-electron chi connectivity index (χ3n) is 2.65. The second kappa shape index (κ2) is 5.93. The minimum Gasteiger partial charge on any atom is -0.207 e. The first-order valence-corrected chi connectivity index (χ1v) is 6.11. The van der Waals surface area contributed by atoms with Crippen LogP contribution >= 0.6 is 11.6 Å². The molecule has 0 radical (unpaired) electrons. The summed E-state index contributed by atoms with van der Waals surface area (Å²) in [6, 6.07) is 9.41. The number of alkyl halides is 1. The SMILES string of the molecule is Fc1ccc(C=C(CCl)c2ccc(F)c(F)c2)cc1. The molecule has 0 nitrogen and oxygen atoms in total. The monoisotopic (exact) mass is 282 g/mol. The standard InChI is InChI=1S/C15H10ClF3/c16-9-12(7-10-1-4-13(17)5-2-10)11-3-6-14(18)15(19)8-11/h1-8H,9H2. The van der Waals surface area contributed by atoms with E-state index in [0.29, 0.717) is 11.1 Å². The van der Waals surface area contributed by atoms with E-state index in [2.05, 4.69) is 0 Å². The van der Waals surface area contributed by atoms with Gasteiger partial charge in [0.05, 0.1) is 0 Å². The zero-order valence-corrected chi connectivity index (χ0v) is 10.6. The lowest BCUT2D eigenvalue weighted by Crippen LogP contribution is -1.91. The summed E-state index contributed by atoms with van der Waals surface area (Å²) in [5.41, 5.74) is 1.87. The van der Waals surface area contributed by atoms with Crippen LogP contribution in [0.1, 0.15) is 11.1 Å². The molecular weight excluding hydrogens is 273 g/mol. The van der Waals surface area contributed by atoms with Gasteiger partial charge in [0.2, 0.25) is 0 Å². The summed E-state index contributed by atoms with van der Waals surface area (Å²) < 4.78 is 38.8. The van der Waals surface area contributed by atoms with E-state index in [1.165, 1.54) is 18.2 Å². The fourth-order valence-corrected chi connectivity index (χ4v) is 1.89.